The Bertz CT molecular complexity index is 532. The monoisotopic (exact) mass is 292 g/mol. The highest BCUT2D eigenvalue weighted by Gasteiger charge is 2.17. The van der Waals surface area contributed by atoms with Crippen LogP contribution in [0.4, 0.5) is 4.39 Å². The number of nitrogens with one attached hydrogen (secondary N) is 1. The summed E-state index contributed by atoms with van der Waals surface area (Å²) in [7, 11) is 0. The van der Waals surface area contributed by atoms with E-state index in [-0.39, 0.29) is 17.3 Å². The highest BCUT2D eigenvalue weighted by molar-refractivity contribution is 7.09. The molecule has 1 heterocycles. The van der Waals surface area contributed by atoms with E-state index < -0.39 is 0 Å². The van der Waals surface area contributed by atoms with Gasteiger partial charge in [-0.25, -0.2) is 4.39 Å². The lowest BCUT2D eigenvalue weighted by molar-refractivity contribution is 0.405. The Kier molecular flexibility index (Phi) is 4.89. The average Bonchev–Trinajstić information content (AvgIpc) is 2.86. The lowest BCUT2D eigenvalue weighted by Crippen LogP contribution is -2.39. The predicted molar refractivity (Wildman–Crippen MR) is 82.7 cm³/mol. The van der Waals surface area contributed by atoms with E-state index in [1.54, 1.807) is 23.5 Å². The van der Waals surface area contributed by atoms with Gasteiger partial charge >= 0.3 is 0 Å². The van der Waals surface area contributed by atoms with E-state index in [0.717, 1.165) is 18.5 Å². The maximum Gasteiger partial charge on any atom is 0.123 e. The van der Waals surface area contributed by atoms with Gasteiger partial charge in [0.25, 0.3) is 0 Å². The molecule has 1 unspecified atom stereocenters. The van der Waals surface area contributed by atoms with Gasteiger partial charge < -0.3 is 5.32 Å². The molecule has 1 atom stereocenters. The molecule has 1 aromatic carbocycles. The largest absolute Gasteiger partial charge is 0.311 e. The second-order valence-electron chi connectivity index (χ2n) is 6.05. The molecule has 1 aromatic heterocycles. The second kappa shape index (κ2) is 6.46. The molecule has 108 valence electrons. The van der Waals surface area contributed by atoms with Gasteiger partial charge in [-0.05, 0) is 44.9 Å². The number of aromatic nitrogens is 1. The number of hydrogen-bond donors (Lipinski definition) is 1. The Labute approximate surface area is 124 Å². The predicted octanol–water partition coefficient (Wildman–Crippen LogP) is 4.00. The molecule has 0 aliphatic rings. The molecule has 1 N–H and O–H groups in total. The Morgan fingerprint density at radius 3 is 2.75 bits per heavy atom. The molecule has 0 fully saturated rings. The smallest absolute Gasteiger partial charge is 0.123 e. The first-order valence-electron chi connectivity index (χ1n) is 6.82. The summed E-state index contributed by atoms with van der Waals surface area (Å²) in [4.78, 5) is 5.35. The van der Waals surface area contributed by atoms with Crippen molar-refractivity contribution in [2.75, 3.05) is 6.54 Å². The van der Waals surface area contributed by atoms with E-state index >= 15 is 0 Å². The van der Waals surface area contributed by atoms with Gasteiger partial charge in [-0.15, -0.1) is 11.3 Å². The lowest BCUT2D eigenvalue weighted by atomic mass is 9.94. The summed E-state index contributed by atoms with van der Waals surface area (Å²) < 4.78 is 13.5. The molecule has 0 radical (unpaired) electrons. The third-order valence-corrected chi connectivity index (χ3v) is 3.93. The molecule has 0 bridgehead atoms. The number of rotatable bonds is 5. The van der Waals surface area contributed by atoms with E-state index in [1.165, 1.54) is 10.9 Å². The second-order valence-corrected chi connectivity index (χ2v) is 7.03. The van der Waals surface area contributed by atoms with Crippen molar-refractivity contribution in [1.82, 2.24) is 10.3 Å². The Morgan fingerprint density at radius 2 is 2.15 bits per heavy atom. The number of benzene rings is 1. The molecule has 0 saturated carbocycles. The van der Waals surface area contributed by atoms with Crippen LogP contribution in [-0.4, -0.2) is 17.1 Å². The SMILES string of the molecule is CC(C)(C)NCC(Cc1cncs1)c1cccc(F)c1. The van der Waals surface area contributed by atoms with E-state index in [9.17, 15) is 4.39 Å². The molecular weight excluding hydrogens is 271 g/mol. The maximum absolute atomic E-state index is 13.5. The molecule has 0 aliphatic heterocycles. The maximum atomic E-state index is 13.5. The zero-order valence-electron chi connectivity index (χ0n) is 12.2. The molecule has 20 heavy (non-hydrogen) atoms. The van der Waals surface area contributed by atoms with Crippen LogP contribution in [0.2, 0.25) is 0 Å². The van der Waals surface area contributed by atoms with Crippen molar-refractivity contribution in [2.24, 2.45) is 0 Å². The third kappa shape index (κ3) is 4.69. The quantitative estimate of drug-likeness (QED) is 0.901. The van der Waals surface area contributed by atoms with Gasteiger partial charge in [-0.2, -0.15) is 0 Å². The van der Waals surface area contributed by atoms with Gasteiger partial charge in [0, 0.05) is 29.1 Å². The molecule has 0 aliphatic carbocycles. The number of hydrogen-bond acceptors (Lipinski definition) is 3. The fourth-order valence-corrected chi connectivity index (χ4v) is 2.76. The van der Waals surface area contributed by atoms with Gasteiger partial charge in [-0.3, -0.25) is 4.98 Å². The summed E-state index contributed by atoms with van der Waals surface area (Å²) in [6.07, 6.45) is 2.78. The first kappa shape index (κ1) is 15.1. The lowest BCUT2D eigenvalue weighted by Gasteiger charge is -2.25. The van der Waals surface area contributed by atoms with E-state index in [4.69, 9.17) is 0 Å². The average molecular weight is 292 g/mol. The molecule has 2 nitrogen and oxygen atoms in total. The van der Waals surface area contributed by atoms with E-state index in [2.05, 4.69) is 31.1 Å². The molecule has 0 spiro atoms. The normalized spacial score (nSPS) is 13.4. The molecule has 2 rings (SSSR count). The van der Waals surface area contributed by atoms with Crippen LogP contribution in [0.1, 0.15) is 37.1 Å². The summed E-state index contributed by atoms with van der Waals surface area (Å²) in [6, 6.07) is 6.90. The zero-order valence-corrected chi connectivity index (χ0v) is 13.0. The zero-order chi connectivity index (χ0) is 14.6. The minimum absolute atomic E-state index is 0.0548. The minimum Gasteiger partial charge on any atom is -0.311 e. The van der Waals surface area contributed by atoms with Crippen molar-refractivity contribution in [3.8, 4) is 0 Å². The third-order valence-electron chi connectivity index (χ3n) is 3.13. The molecule has 0 amide bonds. The fourth-order valence-electron chi connectivity index (χ4n) is 2.08. The van der Waals surface area contributed by atoms with Crippen LogP contribution < -0.4 is 5.32 Å². The van der Waals surface area contributed by atoms with Crippen molar-refractivity contribution in [2.45, 2.75) is 38.6 Å². The van der Waals surface area contributed by atoms with Crippen molar-refractivity contribution < 1.29 is 4.39 Å². The molecule has 4 heteroatoms. The summed E-state index contributed by atoms with van der Waals surface area (Å²) >= 11 is 1.65. The number of halogens is 1. The van der Waals surface area contributed by atoms with Crippen LogP contribution in [0.15, 0.2) is 36.0 Å². The van der Waals surface area contributed by atoms with Gasteiger partial charge in [0.2, 0.25) is 0 Å². The van der Waals surface area contributed by atoms with Crippen LogP contribution in [0.25, 0.3) is 0 Å². The van der Waals surface area contributed by atoms with Gasteiger partial charge in [0.15, 0.2) is 0 Å². The Hall–Kier alpha value is -1.26. The molecular formula is C16H21FN2S. The highest BCUT2D eigenvalue weighted by Crippen LogP contribution is 2.23. The van der Waals surface area contributed by atoms with Crippen molar-refractivity contribution in [3.05, 3.63) is 52.2 Å². The molecule has 2 aromatic rings. The number of thiazole rings is 1. The first-order chi connectivity index (χ1) is 9.44. The summed E-state index contributed by atoms with van der Waals surface area (Å²) in [5.41, 5.74) is 2.93. The minimum atomic E-state index is -0.174. The summed E-state index contributed by atoms with van der Waals surface area (Å²) in [5.74, 6) is 0.0814. The van der Waals surface area contributed by atoms with E-state index in [0.29, 0.717) is 0 Å². The summed E-state index contributed by atoms with van der Waals surface area (Å²) in [6.45, 7) is 7.25. The molecule has 0 saturated heterocycles. The first-order valence-corrected chi connectivity index (χ1v) is 7.70. The highest BCUT2D eigenvalue weighted by atomic mass is 32.1. The van der Waals surface area contributed by atoms with E-state index in [1.807, 2.05) is 17.8 Å². The Morgan fingerprint density at radius 1 is 1.35 bits per heavy atom. The van der Waals surface area contributed by atoms with Crippen LogP contribution in [0.5, 0.6) is 0 Å². The van der Waals surface area contributed by atoms with Crippen molar-refractivity contribution in [3.63, 3.8) is 0 Å². The standard InChI is InChI=1S/C16H21FN2S/c1-16(2,3)19-9-13(8-15-10-18-11-20-15)12-5-4-6-14(17)7-12/h4-7,10-11,13,19H,8-9H2,1-3H3. The van der Waals surface area contributed by atoms with Gasteiger partial charge in [-0.1, -0.05) is 12.1 Å². The number of nitrogens with zero attached hydrogens (tertiary/aromatic N) is 1. The topological polar surface area (TPSA) is 24.9 Å². The van der Waals surface area contributed by atoms with Gasteiger partial charge in [0.1, 0.15) is 5.82 Å². The van der Waals surface area contributed by atoms with Gasteiger partial charge in [0.05, 0.1) is 5.51 Å². The van der Waals surface area contributed by atoms with Crippen LogP contribution in [0.3, 0.4) is 0 Å². The fraction of sp³-hybridized carbons (Fsp3) is 0.438. The van der Waals surface area contributed by atoms with Crippen LogP contribution in [0, 0.1) is 5.82 Å². The van der Waals surface area contributed by atoms with Crippen LogP contribution >= 0.6 is 11.3 Å². The van der Waals surface area contributed by atoms with Crippen molar-refractivity contribution >= 4 is 11.3 Å². The van der Waals surface area contributed by atoms with Crippen LogP contribution in [-0.2, 0) is 6.42 Å². The summed E-state index contributed by atoms with van der Waals surface area (Å²) in [5, 5.41) is 3.51. The Balaban J connectivity index is 2.15. The van der Waals surface area contributed by atoms with Crippen molar-refractivity contribution in [1.29, 1.82) is 0 Å².